The number of likely N-dealkylation sites (N-methyl/N-ethyl adjacent to an activating group) is 1. The van der Waals surface area contributed by atoms with E-state index in [0.717, 1.165) is 44.9 Å². The third-order valence-corrected chi connectivity index (χ3v) is 15.7. The molecule has 2 N–H and O–H groups in total. The fraction of sp³-hybridized carbons (Fsp3) is 0.921. The number of nitrogens with zero attached hydrogens (tertiary/aromatic N) is 1. The molecule has 428 valence electrons. The minimum absolute atomic E-state index is 0.0151. The Morgan fingerprint density at radius 3 is 1.15 bits per heavy atom. The maximum atomic E-state index is 13.0. The summed E-state index contributed by atoms with van der Waals surface area (Å²) < 4.78 is 23.4. The molecule has 0 aliphatic rings. The van der Waals surface area contributed by atoms with Crippen molar-refractivity contribution < 1.29 is 32.9 Å². The number of hydrogen-bond acceptors (Lipinski definition) is 6. The molecular weight excluding hydrogens is 912 g/mol. The van der Waals surface area contributed by atoms with Gasteiger partial charge in [-0.25, -0.2) is 0 Å². The van der Waals surface area contributed by atoms with Gasteiger partial charge in [-0.1, -0.05) is 295 Å². The number of carbonyl (C=O) groups excluding carboxylic acids is 1. The lowest BCUT2D eigenvalue weighted by Gasteiger charge is -2.30. The lowest BCUT2D eigenvalue weighted by atomic mass is 10.0. The van der Waals surface area contributed by atoms with Gasteiger partial charge in [0.05, 0.1) is 39.9 Å². The van der Waals surface area contributed by atoms with Crippen molar-refractivity contribution in [1.82, 2.24) is 5.32 Å². The van der Waals surface area contributed by atoms with Crippen molar-refractivity contribution in [2.75, 3.05) is 40.9 Å². The van der Waals surface area contributed by atoms with Gasteiger partial charge in [-0.05, 0) is 44.9 Å². The first-order valence-corrected chi connectivity index (χ1v) is 33.1. The van der Waals surface area contributed by atoms with Crippen molar-refractivity contribution in [3.8, 4) is 0 Å². The zero-order chi connectivity index (χ0) is 52.7. The van der Waals surface area contributed by atoms with E-state index in [1.54, 1.807) is 0 Å². The molecule has 9 heteroatoms. The number of hydrogen-bond donors (Lipinski definition) is 2. The smallest absolute Gasteiger partial charge is 0.268 e. The normalized spacial score (nSPS) is 13.9. The van der Waals surface area contributed by atoms with E-state index >= 15 is 0 Å². The minimum atomic E-state index is -4.57. The second-order valence-corrected chi connectivity index (χ2v) is 24.5. The first-order valence-electron chi connectivity index (χ1n) is 31.7. The van der Waals surface area contributed by atoms with Gasteiger partial charge in [0.2, 0.25) is 5.91 Å². The Balaban J connectivity index is 3.86. The second-order valence-electron chi connectivity index (χ2n) is 23.1. The van der Waals surface area contributed by atoms with Crippen molar-refractivity contribution in [3.05, 3.63) is 24.3 Å². The first kappa shape index (κ1) is 71.0. The molecule has 0 spiro atoms. The largest absolute Gasteiger partial charge is 0.756 e. The summed E-state index contributed by atoms with van der Waals surface area (Å²) in [6.45, 7) is 4.74. The van der Waals surface area contributed by atoms with Crippen molar-refractivity contribution in [2.24, 2.45) is 0 Å². The van der Waals surface area contributed by atoms with Crippen LogP contribution in [0, 0.1) is 0 Å². The van der Waals surface area contributed by atoms with Crippen LogP contribution in [-0.2, 0) is 18.4 Å². The highest BCUT2D eigenvalue weighted by Gasteiger charge is 2.24. The zero-order valence-corrected chi connectivity index (χ0v) is 49.8. The summed E-state index contributed by atoms with van der Waals surface area (Å²) in [4.78, 5) is 25.5. The number of nitrogens with one attached hydrogen (secondary N) is 1. The Kier molecular flexibility index (Phi) is 54.0. The number of phosphoric acid groups is 1. The number of allylic oxidation sites excluding steroid dienone is 4. The highest BCUT2D eigenvalue weighted by Crippen LogP contribution is 2.38. The van der Waals surface area contributed by atoms with Gasteiger partial charge in [-0.3, -0.25) is 9.36 Å². The van der Waals surface area contributed by atoms with Crippen LogP contribution >= 0.6 is 7.82 Å². The van der Waals surface area contributed by atoms with E-state index in [4.69, 9.17) is 9.05 Å². The predicted octanol–water partition coefficient (Wildman–Crippen LogP) is 18.9. The molecule has 0 aliphatic heterocycles. The molecule has 0 bridgehead atoms. The van der Waals surface area contributed by atoms with E-state index in [9.17, 15) is 19.4 Å². The molecule has 8 nitrogen and oxygen atoms in total. The molecule has 0 aromatic heterocycles. The fourth-order valence-electron chi connectivity index (χ4n) is 9.72. The summed E-state index contributed by atoms with van der Waals surface area (Å²) in [5, 5.41) is 14.0. The fourth-order valence-corrected chi connectivity index (χ4v) is 10.4. The molecule has 0 heterocycles. The molecule has 0 radical (unpaired) electrons. The Morgan fingerprint density at radius 1 is 0.486 bits per heavy atom. The van der Waals surface area contributed by atoms with E-state index in [0.29, 0.717) is 23.9 Å². The summed E-state index contributed by atoms with van der Waals surface area (Å²) in [5.41, 5.74) is 0. The van der Waals surface area contributed by atoms with Crippen molar-refractivity contribution in [2.45, 2.75) is 334 Å². The van der Waals surface area contributed by atoms with E-state index < -0.39 is 20.0 Å². The number of quaternary nitrogens is 1. The van der Waals surface area contributed by atoms with Crippen LogP contribution in [0.5, 0.6) is 0 Å². The molecule has 1 amide bonds. The van der Waals surface area contributed by atoms with Crippen LogP contribution in [-0.4, -0.2) is 68.5 Å². The molecule has 3 atom stereocenters. The maximum absolute atomic E-state index is 13.0. The van der Waals surface area contributed by atoms with E-state index in [1.165, 1.54) is 250 Å². The van der Waals surface area contributed by atoms with Crippen LogP contribution in [0.4, 0.5) is 0 Å². The minimum Gasteiger partial charge on any atom is -0.756 e. The average molecular weight is 1040 g/mol. The number of carbonyl (C=O) groups is 1. The SMILES string of the molecule is CCCCCCC/C=C\C/C=C\CCCCCCCCCCCCCCCCCCCCCCCCCCCC(=O)NC(COP(=O)([O-])OCC[N+](C)(C)C)C(O)CCCCCCCCCCCCCCC. The third kappa shape index (κ3) is 56.7. The van der Waals surface area contributed by atoms with Gasteiger partial charge in [0.25, 0.3) is 7.82 Å². The third-order valence-electron chi connectivity index (χ3n) is 14.7. The standard InChI is InChI=1S/C63H125N2O6P/c1-6-8-10-12-14-16-18-20-21-22-23-24-25-26-27-28-29-30-31-32-33-34-35-36-37-38-39-40-41-42-43-45-47-49-51-53-55-57-63(67)64-61(60-71-72(68,69)70-59-58-65(3,4)5)62(66)56-54-52-50-48-46-44-19-17-15-13-11-9-7-2/h18,20,22-23,61-62,66H,6-17,19,21,24-60H2,1-5H3,(H-,64,67,68,69)/b20-18-,23-22-. The molecule has 0 fully saturated rings. The quantitative estimate of drug-likeness (QED) is 0.0272. The molecule has 0 aromatic carbocycles. The monoisotopic (exact) mass is 1040 g/mol. The molecule has 72 heavy (non-hydrogen) atoms. The van der Waals surface area contributed by atoms with Gasteiger partial charge in [-0.15, -0.1) is 0 Å². The number of aliphatic hydroxyl groups is 1. The molecule has 0 rings (SSSR count). The van der Waals surface area contributed by atoms with Crippen LogP contribution < -0.4 is 10.2 Å². The van der Waals surface area contributed by atoms with Gasteiger partial charge in [0.15, 0.2) is 0 Å². The van der Waals surface area contributed by atoms with Gasteiger partial charge < -0.3 is 28.8 Å². The summed E-state index contributed by atoms with van der Waals surface area (Å²) in [6, 6.07) is -0.796. The van der Waals surface area contributed by atoms with Crippen LogP contribution in [0.25, 0.3) is 0 Å². The van der Waals surface area contributed by atoms with E-state index in [-0.39, 0.29) is 19.1 Å². The second kappa shape index (κ2) is 54.8. The summed E-state index contributed by atoms with van der Waals surface area (Å²) in [6.07, 6.45) is 69.6. The zero-order valence-electron chi connectivity index (χ0n) is 48.9. The molecule has 0 saturated heterocycles. The molecule has 3 unspecified atom stereocenters. The number of phosphoric ester groups is 1. The van der Waals surface area contributed by atoms with Crippen LogP contribution in [0.3, 0.4) is 0 Å². The van der Waals surface area contributed by atoms with Crippen molar-refractivity contribution in [1.29, 1.82) is 0 Å². The van der Waals surface area contributed by atoms with Crippen LogP contribution in [0.1, 0.15) is 322 Å². The van der Waals surface area contributed by atoms with Gasteiger partial charge in [-0.2, -0.15) is 0 Å². The van der Waals surface area contributed by atoms with Crippen LogP contribution in [0.2, 0.25) is 0 Å². The highest BCUT2D eigenvalue weighted by atomic mass is 31.2. The van der Waals surface area contributed by atoms with Crippen molar-refractivity contribution in [3.63, 3.8) is 0 Å². The number of rotatable bonds is 59. The summed E-state index contributed by atoms with van der Waals surface area (Å²) in [7, 11) is 1.32. The first-order chi connectivity index (χ1) is 35.0. The van der Waals surface area contributed by atoms with Crippen molar-refractivity contribution >= 4 is 13.7 Å². The summed E-state index contributed by atoms with van der Waals surface area (Å²) in [5.74, 6) is -0.159. The average Bonchev–Trinajstić information content (AvgIpc) is 3.34. The maximum Gasteiger partial charge on any atom is 0.268 e. The molecule has 0 saturated carbocycles. The van der Waals surface area contributed by atoms with Gasteiger partial charge >= 0.3 is 0 Å². The number of unbranched alkanes of at least 4 members (excludes halogenated alkanes) is 42. The lowest BCUT2D eigenvalue weighted by molar-refractivity contribution is -0.870. The molecule has 0 aromatic rings. The number of amides is 1. The molecule has 0 aliphatic carbocycles. The van der Waals surface area contributed by atoms with Crippen LogP contribution in [0.15, 0.2) is 24.3 Å². The topological polar surface area (TPSA) is 108 Å². The number of aliphatic hydroxyl groups excluding tert-OH is 1. The Morgan fingerprint density at radius 2 is 0.806 bits per heavy atom. The Bertz CT molecular complexity index is 1220. The Labute approximate surface area is 449 Å². The lowest BCUT2D eigenvalue weighted by Crippen LogP contribution is -2.46. The van der Waals surface area contributed by atoms with E-state index in [1.807, 2.05) is 21.1 Å². The summed E-state index contributed by atoms with van der Waals surface area (Å²) >= 11 is 0. The highest BCUT2D eigenvalue weighted by molar-refractivity contribution is 7.45. The van der Waals surface area contributed by atoms with E-state index in [2.05, 4.69) is 43.5 Å². The van der Waals surface area contributed by atoms with Gasteiger partial charge in [0.1, 0.15) is 13.2 Å². The molecular formula is C63H125N2O6P. The Hall–Kier alpha value is -1.02. The predicted molar refractivity (Wildman–Crippen MR) is 312 cm³/mol. The van der Waals surface area contributed by atoms with Gasteiger partial charge in [0, 0.05) is 6.42 Å².